The number of hydrogen-bond donors (Lipinski definition) is 0. The van der Waals surface area contributed by atoms with E-state index in [1.807, 2.05) is 18.3 Å². The molecule has 0 saturated carbocycles. The van der Waals surface area contributed by atoms with Crippen molar-refractivity contribution in [2.45, 2.75) is 6.92 Å². The summed E-state index contributed by atoms with van der Waals surface area (Å²) in [6.07, 6.45) is 1.84. The Morgan fingerprint density at radius 2 is 1.37 bits per heavy atom. The fourth-order valence-electron chi connectivity index (χ4n) is 3.62. The Balaban J connectivity index is 1.63. The summed E-state index contributed by atoms with van der Waals surface area (Å²) in [4.78, 5) is 9.55. The van der Waals surface area contributed by atoms with Crippen molar-refractivity contribution in [1.82, 2.24) is 9.97 Å². The third kappa shape index (κ3) is 2.76. The van der Waals surface area contributed by atoms with Gasteiger partial charge in [0.15, 0.2) is 0 Å². The van der Waals surface area contributed by atoms with Crippen LogP contribution in [0.4, 0.5) is 0 Å². The molecule has 0 aliphatic rings. The van der Waals surface area contributed by atoms with E-state index in [1.165, 1.54) is 16.7 Å². The second-order valence-electron chi connectivity index (χ2n) is 6.80. The number of rotatable bonds is 2. The Labute approximate surface area is 158 Å². The summed E-state index contributed by atoms with van der Waals surface area (Å²) in [6.45, 7) is 2.12. The molecule has 5 aromatic rings. The van der Waals surface area contributed by atoms with Crippen molar-refractivity contribution >= 4 is 21.8 Å². The van der Waals surface area contributed by atoms with Gasteiger partial charge < -0.3 is 0 Å². The van der Waals surface area contributed by atoms with E-state index in [0.29, 0.717) is 0 Å². The van der Waals surface area contributed by atoms with E-state index < -0.39 is 0 Å². The molecule has 0 radical (unpaired) electrons. The van der Waals surface area contributed by atoms with Crippen LogP contribution in [0.2, 0.25) is 0 Å². The second kappa shape index (κ2) is 6.33. The van der Waals surface area contributed by atoms with Crippen LogP contribution in [0.15, 0.2) is 91.1 Å². The number of fused-ring (bicyclic) bond motifs is 3. The molecule has 3 aromatic carbocycles. The van der Waals surface area contributed by atoms with Gasteiger partial charge in [-0.1, -0.05) is 66.7 Å². The average molecular weight is 346 g/mol. The van der Waals surface area contributed by atoms with E-state index in [4.69, 9.17) is 4.98 Å². The first kappa shape index (κ1) is 15.7. The van der Waals surface area contributed by atoms with Crippen LogP contribution in [-0.2, 0) is 0 Å². The van der Waals surface area contributed by atoms with Crippen LogP contribution in [0.1, 0.15) is 5.56 Å². The Morgan fingerprint density at radius 3 is 2.19 bits per heavy atom. The molecular weight excluding hydrogens is 328 g/mol. The zero-order valence-electron chi connectivity index (χ0n) is 15.1. The molecule has 0 spiro atoms. The van der Waals surface area contributed by atoms with Crippen LogP contribution >= 0.6 is 0 Å². The first-order valence-corrected chi connectivity index (χ1v) is 9.10. The minimum Gasteiger partial charge on any atom is -0.254 e. The van der Waals surface area contributed by atoms with Crippen molar-refractivity contribution in [3.63, 3.8) is 0 Å². The van der Waals surface area contributed by atoms with Crippen molar-refractivity contribution in [2.24, 2.45) is 0 Å². The number of benzene rings is 3. The van der Waals surface area contributed by atoms with Gasteiger partial charge in [-0.25, -0.2) is 4.98 Å². The van der Waals surface area contributed by atoms with Gasteiger partial charge in [-0.3, -0.25) is 4.98 Å². The topological polar surface area (TPSA) is 25.8 Å². The molecule has 0 atom stereocenters. The smallest absolute Gasteiger partial charge is 0.0972 e. The molecule has 5 rings (SSSR count). The monoisotopic (exact) mass is 346 g/mol. The molecule has 2 nitrogen and oxygen atoms in total. The molecule has 0 saturated heterocycles. The lowest BCUT2D eigenvalue weighted by Gasteiger charge is -2.09. The van der Waals surface area contributed by atoms with Crippen LogP contribution in [0.25, 0.3) is 44.2 Å². The van der Waals surface area contributed by atoms with E-state index in [1.54, 1.807) is 0 Å². The van der Waals surface area contributed by atoms with Gasteiger partial charge in [-0.2, -0.15) is 0 Å². The van der Waals surface area contributed by atoms with Gasteiger partial charge in [-0.15, -0.1) is 0 Å². The Morgan fingerprint density at radius 1 is 0.630 bits per heavy atom. The number of nitrogens with zero attached hydrogens (tertiary/aromatic N) is 2. The minimum atomic E-state index is 0.959. The van der Waals surface area contributed by atoms with E-state index in [-0.39, 0.29) is 0 Å². The van der Waals surface area contributed by atoms with Crippen molar-refractivity contribution in [2.75, 3.05) is 0 Å². The van der Waals surface area contributed by atoms with Gasteiger partial charge in [0.25, 0.3) is 0 Å². The van der Waals surface area contributed by atoms with Gasteiger partial charge in [0.05, 0.1) is 16.7 Å². The lowest BCUT2D eigenvalue weighted by atomic mass is 10.0. The summed E-state index contributed by atoms with van der Waals surface area (Å²) in [5.74, 6) is 0. The summed E-state index contributed by atoms with van der Waals surface area (Å²) in [5, 5.41) is 2.29. The van der Waals surface area contributed by atoms with Crippen molar-refractivity contribution in [3.05, 3.63) is 96.7 Å². The predicted octanol–water partition coefficient (Wildman–Crippen LogP) is 6.43. The lowest BCUT2D eigenvalue weighted by Crippen LogP contribution is -1.90. The highest BCUT2D eigenvalue weighted by Gasteiger charge is 2.08. The van der Waals surface area contributed by atoms with E-state index in [9.17, 15) is 0 Å². The highest BCUT2D eigenvalue weighted by atomic mass is 14.8. The first-order chi connectivity index (χ1) is 13.3. The van der Waals surface area contributed by atoms with E-state index in [2.05, 4.69) is 84.7 Å². The highest BCUT2D eigenvalue weighted by Crippen LogP contribution is 2.29. The maximum absolute atomic E-state index is 4.95. The third-order valence-corrected chi connectivity index (χ3v) is 5.04. The predicted molar refractivity (Wildman–Crippen MR) is 113 cm³/mol. The molecule has 0 N–H and O–H groups in total. The average Bonchev–Trinajstić information content (AvgIpc) is 2.75. The Bertz CT molecular complexity index is 1260. The summed E-state index contributed by atoms with van der Waals surface area (Å²) in [6, 6.07) is 29.5. The summed E-state index contributed by atoms with van der Waals surface area (Å²) in [5.41, 5.74) is 7.67. The second-order valence-corrected chi connectivity index (χ2v) is 6.80. The van der Waals surface area contributed by atoms with Crippen molar-refractivity contribution < 1.29 is 0 Å². The van der Waals surface area contributed by atoms with Crippen LogP contribution < -0.4 is 0 Å². The first-order valence-electron chi connectivity index (χ1n) is 9.10. The quantitative estimate of drug-likeness (QED) is 0.344. The third-order valence-electron chi connectivity index (χ3n) is 5.04. The van der Waals surface area contributed by atoms with E-state index >= 15 is 0 Å². The summed E-state index contributed by atoms with van der Waals surface area (Å²) in [7, 11) is 0. The molecule has 2 heteroatoms. The molecular formula is C25H18N2. The fourth-order valence-corrected chi connectivity index (χ4v) is 3.62. The van der Waals surface area contributed by atoms with Crippen LogP contribution in [-0.4, -0.2) is 9.97 Å². The summed E-state index contributed by atoms with van der Waals surface area (Å²) < 4.78 is 0. The van der Waals surface area contributed by atoms with Crippen molar-refractivity contribution in [1.29, 1.82) is 0 Å². The molecule has 128 valence electrons. The zero-order chi connectivity index (χ0) is 18.2. The van der Waals surface area contributed by atoms with Gasteiger partial charge in [0, 0.05) is 22.5 Å². The SMILES string of the molecule is Cc1cc2ccc(-c3ccc(-c4ccccc4)cc3)nc2c2ncccc12. The van der Waals surface area contributed by atoms with E-state index in [0.717, 1.165) is 33.1 Å². The Hall–Kier alpha value is -3.52. The van der Waals surface area contributed by atoms with Crippen LogP contribution in [0.3, 0.4) is 0 Å². The van der Waals surface area contributed by atoms with Gasteiger partial charge >= 0.3 is 0 Å². The maximum Gasteiger partial charge on any atom is 0.0972 e. The number of aryl methyl sites for hydroxylation is 1. The molecule has 0 unspecified atom stereocenters. The Kier molecular flexibility index (Phi) is 3.68. The highest BCUT2D eigenvalue weighted by molar-refractivity contribution is 6.04. The largest absolute Gasteiger partial charge is 0.254 e. The standard InChI is InChI=1S/C25H18N2/c1-17-16-21-13-14-23(27-24(21)25-22(17)8-5-15-26-25)20-11-9-19(10-12-20)18-6-3-2-4-7-18/h2-16H,1H3. The number of pyridine rings is 2. The summed E-state index contributed by atoms with van der Waals surface area (Å²) >= 11 is 0. The number of hydrogen-bond acceptors (Lipinski definition) is 2. The van der Waals surface area contributed by atoms with Crippen LogP contribution in [0, 0.1) is 6.92 Å². The van der Waals surface area contributed by atoms with Crippen LogP contribution in [0.5, 0.6) is 0 Å². The molecule has 0 fully saturated rings. The van der Waals surface area contributed by atoms with Crippen molar-refractivity contribution in [3.8, 4) is 22.4 Å². The maximum atomic E-state index is 4.95. The van der Waals surface area contributed by atoms with Gasteiger partial charge in [-0.05, 0) is 41.8 Å². The normalized spacial score (nSPS) is 11.1. The number of aromatic nitrogens is 2. The molecule has 0 aliphatic carbocycles. The molecule has 2 heterocycles. The fraction of sp³-hybridized carbons (Fsp3) is 0.0400. The minimum absolute atomic E-state index is 0.959. The molecule has 0 aliphatic heterocycles. The molecule has 0 amide bonds. The van der Waals surface area contributed by atoms with Gasteiger partial charge in [0.2, 0.25) is 0 Å². The zero-order valence-corrected chi connectivity index (χ0v) is 15.1. The molecule has 0 bridgehead atoms. The van der Waals surface area contributed by atoms with Gasteiger partial charge in [0.1, 0.15) is 0 Å². The molecule has 2 aromatic heterocycles. The lowest BCUT2D eigenvalue weighted by molar-refractivity contribution is 1.36. The molecule has 27 heavy (non-hydrogen) atoms.